The summed E-state index contributed by atoms with van der Waals surface area (Å²) in [6.07, 6.45) is 6.99. The van der Waals surface area contributed by atoms with Crippen LogP contribution in [0.15, 0.2) is 24.3 Å². The van der Waals surface area contributed by atoms with Crippen LogP contribution in [0, 0.1) is 11.3 Å². The van der Waals surface area contributed by atoms with Gasteiger partial charge in [-0.3, -0.25) is 5.41 Å². The van der Waals surface area contributed by atoms with Crippen molar-refractivity contribution < 1.29 is 0 Å². The summed E-state index contributed by atoms with van der Waals surface area (Å²) in [5.74, 6) is 1.02. The van der Waals surface area contributed by atoms with Crippen LogP contribution in [0.1, 0.15) is 43.2 Å². The number of benzene rings is 1. The summed E-state index contributed by atoms with van der Waals surface area (Å²) in [4.78, 5) is 2.40. The number of hydrogen-bond acceptors (Lipinski definition) is 2. The van der Waals surface area contributed by atoms with Gasteiger partial charge in [-0.1, -0.05) is 37.5 Å². The predicted octanol–water partition coefficient (Wildman–Crippen LogP) is 2.98. The number of nitrogens with one attached hydrogen (secondary N) is 1. The van der Waals surface area contributed by atoms with E-state index in [1.54, 1.807) is 0 Å². The van der Waals surface area contributed by atoms with E-state index in [0.717, 1.165) is 18.0 Å². The first kappa shape index (κ1) is 14.1. The lowest BCUT2D eigenvalue weighted by molar-refractivity contribution is 0.228. The highest BCUT2D eigenvalue weighted by Crippen LogP contribution is 2.24. The molecule has 3 nitrogen and oxygen atoms in total. The van der Waals surface area contributed by atoms with Gasteiger partial charge in [-0.05, 0) is 37.4 Å². The molecule has 0 heterocycles. The van der Waals surface area contributed by atoms with E-state index in [2.05, 4.69) is 18.0 Å². The fourth-order valence-corrected chi connectivity index (χ4v) is 3.02. The van der Waals surface area contributed by atoms with E-state index in [9.17, 15) is 0 Å². The molecule has 19 heavy (non-hydrogen) atoms. The number of nitrogens with two attached hydrogens (primary N) is 1. The van der Waals surface area contributed by atoms with Crippen LogP contribution >= 0.6 is 0 Å². The first-order valence-corrected chi connectivity index (χ1v) is 7.27. The van der Waals surface area contributed by atoms with E-state index in [-0.39, 0.29) is 5.84 Å². The van der Waals surface area contributed by atoms with Crippen LogP contribution in [0.5, 0.6) is 0 Å². The van der Waals surface area contributed by atoms with E-state index < -0.39 is 0 Å². The third-order valence-corrected chi connectivity index (χ3v) is 3.99. The zero-order chi connectivity index (χ0) is 13.7. The maximum atomic E-state index is 7.48. The van der Waals surface area contributed by atoms with Gasteiger partial charge in [-0.25, -0.2) is 0 Å². The first-order valence-electron chi connectivity index (χ1n) is 7.27. The number of nitrogens with zero attached hydrogens (tertiary/aromatic N) is 1. The monoisotopic (exact) mass is 259 g/mol. The van der Waals surface area contributed by atoms with E-state index in [0.29, 0.717) is 0 Å². The molecule has 0 unspecified atom stereocenters. The average Bonchev–Trinajstić information content (AvgIpc) is 2.40. The molecule has 0 radical (unpaired) electrons. The molecule has 1 aliphatic rings. The molecule has 0 aliphatic heterocycles. The van der Waals surface area contributed by atoms with Crippen LogP contribution in [-0.2, 0) is 6.54 Å². The number of rotatable bonds is 5. The zero-order valence-corrected chi connectivity index (χ0v) is 11.9. The third kappa shape index (κ3) is 4.35. The summed E-state index contributed by atoms with van der Waals surface area (Å²) in [5, 5.41) is 7.48. The summed E-state index contributed by atoms with van der Waals surface area (Å²) < 4.78 is 0. The van der Waals surface area contributed by atoms with Gasteiger partial charge in [0.25, 0.3) is 0 Å². The van der Waals surface area contributed by atoms with Gasteiger partial charge in [0.2, 0.25) is 0 Å². The minimum absolute atomic E-state index is 0.150. The smallest absolute Gasteiger partial charge is 0.122 e. The van der Waals surface area contributed by atoms with Gasteiger partial charge in [-0.15, -0.1) is 0 Å². The van der Waals surface area contributed by atoms with Crippen molar-refractivity contribution in [2.75, 3.05) is 13.6 Å². The Morgan fingerprint density at radius 1 is 1.32 bits per heavy atom. The summed E-state index contributed by atoms with van der Waals surface area (Å²) in [6, 6.07) is 8.02. The van der Waals surface area contributed by atoms with Crippen LogP contribution in [0.4, 0.5) is 0 Å². The second-order valence-corrected chi connectivity index (χ2v) is 5.81. The molecule has 0 spiro atoms. The molecule has 0 saturated heterocycles. The zero-order valence-electron chi connectivity index (χ0n) is 11.9. The van der Waals surface area contributed by atoms with Crippen molar-refractivity contribution in [1.82, 2.24) is 4.90 Å². The molecule has 1 aromatic rings. The Morgan fingerprint density at radius 3 is 2.74 bits per heavy atom. The van der Waals surface area contributed by atoms with E-state index in [4.69, 9.17) is 11.1 Å². The van der Waals surface area contributed by atoms with Gasteiger partial charge in [0, 0.05) is 18.7 Å². The molecule has 3 N–H and O–H groups in total. The molecule has 0 atom stereocenters. The Balaban J connectivity index is 1.88. The summed E-state index contributed by atoms with van der Waals surface area (Å²) in [5.41, 5.74) is 7.60. The highest BCUT2D eigenvalue weighted by atomic mass is 15.1. The molecular formula is C16H25N3. The highest BCUT2D eigenvalue weighted by Gasteiger charge is 2.15. The molecule has 1 fully saturated rings. The fraction of sp³-hybridized carbons (Fsp3) is 0.562. The van der Waals surface area contributed by atoms with Crippen molar-refractivity contribution in [3.8, 4) is 0 Å². The molecule has 104 valence electrons. The summed E-state index contributed by atoms with van der Waals surface area (Å²) >= 11 is 0. The topological polar surface area (TPSA) is 53.1 Å². The Bertz CT molecular complexity index is 422. The third-order valence-electron chi connectivity index (χ3n) is 3.99. The van der Waals surface area contributed by atoms with Gasteiger partial charge in [0.1, 0.15) is 5.84 Å². The van der Waals surface area contributed by atoms with Crippen LogP contribution in [0.25, 0.3) is 0 Å². The Kier molecular flexibility index (Phi) is 4.97. The molecule has 3 heteroatoms. The number of hydrogen-bond donors (Lipinski definition) is 2. The minimum atomic E-state index is 0.150. The normalized spacial score (nSPS) is 16.7. The van der Waals surface area contributed by atoms with Gasteiger partial charge >= 0.3 is 0 Å². The van der Waals surface area contributed by atoms with Crippen molar-refractivity contribution in [2.24, 2.45) is 11.7 Å². The van der Waals surface area contributed by atoms with Crippen LogP contribution in [0.2, 0.25) is 0 Å². The molecular weight excluding hydrogens is 234 g/mol. The highest BCUT2D eigenvalue weighted by molar-refractivity contribution is 5.95. The maximum absolute atomic E-state index is 7.48. The van der Waals surface area contributed by atoms with E-state index in [1.807, 2.05) is 18.2 Å². The Labute approximate surface area is 116 Å². The average molecular weight is 259 g/mol. The Morgan fingerprint density at radius 2 is 2.05 bits per heavy atom. The van der Waals surface area contributed by atoms with Crippen molar-refractivity contribution in [2.45, 2.75) is 38.6 Å². The molecule has 1 saturated carbocycles. The molecule has 0 aromatic heterocycles. The first-order chi connectivity index (χ1) is 9.15. The van der Waals surface area contributed by atoms with Crippen molar-refractivity contribution in [3.05, 3.63) is 35.4 Å². The molecule has 0 bridgehead atoms. The lowest BCUT2D eigenvalue weighted by Gasteiger charge is -2.27. The number of nitrogen functional groups attached to an aromatic ring is 1. The van der Waals surface area contributed by atoms with Gasteiger partial charge in [-0.2, -0.15) is 0 Å². The van der Waals surface area contributed by atoms with Crippen LogP contribution in [0.3, 0.4) is 0 Å². The minimum Gasteiger partial charge on any atom is -0.384 e. The standard InChI is InChI=1S/C16H25N3/c1-19(11-13-6-3-2-4-7-13)12-14-8-5-9-15(10-14)16(17)18/h5,8-10,13H,2-4,6-7,11-12H2,1H3,(H3,17,18). The SMILES string of the molecule is CN(Cc1cccc(C(=N)N)c1)CC1CCCCC1. The van der Waals surface area contributed by atoms with Crippen LogP contribution in [-0.4, -0.2) is 24.3 Å². The van der Waals surface area contributed by atoms with E-state index in [1.165, 1.54) is 44.2 Å². The largest absolute Gasteiger partial charge is 0.384 e. The molecule has 1 aromatic carbocycles. The van der Waals surface area contributed by atoms with Gasteiger partial charge < -0.3 is 10.6 Å². The van der Waals surface area contributed by atoms with Crippen molar-refractivity contribution in [1.29, 1.82) is 5.41 Å². The van der Waals surface area contributed by atoms with Crippen molar-refractivity contribution in [3.63, 3.8) is 0 Å². The predicted molar refractivity (Wildman–Crippen MR) is 80.4 cm³/mol. The van der Waals surface area contributed by atoms with Crippen LogP contribution < -0.4 is 5.73 Å². The quantitative estimate of drug-likeness (QED) is 0.631. The summed E-state index contributed by atoms with van der Waals surface area (Å²) in [7, 11) is 2.19. The lowest BCUT2D eigenvalue weighted by atomic mass is 9.89. The Hall–Kier alpha value is -1.35. The van der Waals surface area contributed by atoms with Crippen molar-refractivity contribution >= 4 is 5.84 Å². The molecule has 1 aliphatic carbocycles. The number of amidine groups is 1. The van der Waals surface area contributed by atoms with Gasteiger partial charge in [0.15, 0.2) is 0 Å². The second-order valence-electron chi connectivity index (χ2n) is 5.81. The fourth-order valence-electron chi connectivity index (χ4n) is 3.02. The summed E-state index contributed by atoms with van der Waals surface area (Å²) in [6.45, 7) is 2.13. The lowest BCUT2D eigenvalue weighted by Crippen LogP contribution is -2.26. The molecule has 2 rings (SSSR count). The molecule has 0 amide bonds. The van der Waals surface area contributed by atoms with E-state index >= 15 is 0 Å². The maximum Gasteiger partial charge on any atom is 0.122 e. The second kappa shape index (κ2) is 6.71. The van der Waals surface area contributed by atoms with Gasteiger partial charge in [0.05, 0.1) is 0 Å².